The Morgan fingerprint density at radius 1 is 1.26 bits per heavy atom. The lowest BCUT2D eigenvalue weighted by Crippen LogP contribution is -2.35. The monoisotopic (exact) mass is 320 g/mol. The average molecular weight is 320 g/mol. The van der Waals surface area contributed by atoms with E-state index in [-0.39, 0.29) is 0 Å². The molecule has 0 saturated carbocycles. The van der Waals surface area contributed by atoms with Crippen molar-refractivity contribution in [1.29, 1.82) is 0 Å². The minimum Gasteiger partial charge on any atom is -0.343 e. The van der Waals surface area contributed by atoms with E-state index in [4.69, 9.17) is 4.52 Å². The summed E-state index contributed by atoms with van der Waals surface area (Å²) in [5, 5.41) is 4.02. The number of likely N-dealkylation sites (tertiary alicyclic amines) is 2. The second kappa shape index (κ2) is 7.90. The number of aromatic nitrogens is 2. The lowest BCUT2D eigenvalue weighted by Gasteiger charge is -2.31. The van der Waals surface area contributed by atoms with E-state index in [0.717, 1.165) is 82.5 Å². The van der Waals surface area contributed by atoms with E-state index in [9.17, 15) is 4.79 Å². The number of carbonyl (C=O) groups excluding carboxylic acids is 1. The third-order valence-electron chi connectivity index (χ3n) is 5.03. The molecule has 6 heteroatoms. The first-order valence-corrected chi connectivity index (χ1v) is 9.06. The van der Waals surface area contributed by atoms with Gasteiger partial charge < -0.3 is 9.42 Å². The largest absolute Gasteiger partial charge is 0.343 e. The maximum atomic E-state index is 11.6. The van der Waals surface area contributed by atoms with Gasteiger partial charge in [-0.15, -0.1) is 0 Å². The number of hydrogen-bond acceptors (Lipinski definition) is 5. The topological polar surface area (TPSA) is 62.5 Å². The molecule has 3 heterocycles. The lowest BCUT2D eigenvalue weighted by atomic mass is 9.93. The molecule has 128 valence electrons. The van der Waals surface area contributed by atoms with E-state index in [2.05, 4.69) is 22.0 Å². The predicted molar refractivity (Wildman–Crippen MR) is 86.7 cm³/mol. The highest BCUT2D eigenvalue weighted by Gasteiger charge is 2.24. The molecule has 2 aliphatic rings. The minimum absolute atomic E-state index is 0.349. The molecule has 2 aliphatic heterocycles. The van der Waals surface area contributed by atoms with Crippen molar-refractivity contribution in [1.82, 2.24) is 19.9 Å². The van der Waals surface area contributed by atoms with Gasteiger partial charge in [0.2, 0.25) is 11.8 Å². The molecule has 1 aromatic rings. The minimum atomic E-state index is 0.349. The van der Waals surface area contributed by atoms with Crippen molar-refractivity contribution >= 4 is 5.91 Å². The Labute approximate surface area is 138 Å². The number of hydrogen-bond donors (Lipinski definition) is 0. The summed E-state index contributed by atoms with van der Waals surface area (Å²) >= 11 is 0. The molecule has 0 aromatic carbocycles. The van der Waals surface area contributed by atoms with Gasteiger partial charge >= 0.3 is 0 Å². The fraction of sp³-hybridized carbons (Fsp3) is 0.824. The normalized spacial score (nSPS) is 20.6. The van der Waals surface area contributed by atoms with Crippen LogP contribution in [0.25, 0.3) is 0 Å². The molecule has 0 spiro atoms. The molecule has 0 aliphatic carbocycles. The molecule has 1 aromatic heterocycles. The highest BCUT2D eigenvalue weighted by Crippen LogP contribution is 2.23. The highest BCUT2D eigenvalue weighted by molar-refractivity contribution is 5.77. The fourth-order valence-corrected chi connectivity index (χ4v) is 3.58. The zero-order chi connectivity index (χ0) is 16.1. The number of amides is 1. The number of rotatable bonds is 7. The van der Waals surface area contributed by atoms with Crippen LogP contribution in [0.1, 0.15) is 57.2 Å². The molecule has 0 atom stereocenters. The zero-order valence-electron chi connectivity index (χ0n) is 14.2. The van der Waals surface area contributed by atoms with E-state index in [0.29, 0.717) is 5.91 Å². The Hall–Kier alpha value is -1.43. The van der Waals surface area contributed by atoms with E-state index >= 15 is 0 Å². The predicted octanol–water partition coefficient (Wildman–Crippen LogP) is 2.25. The molecule has 6 nitrogen and oxygen atoms in total. The molecule has 3 rings (SSSR count). The lowest BCUT2D eigenvalue weighted by molar-refractivity contribution is -0.127. The van der Waals surface area contributed by atoms with Crippen LogP contribution in [0.15, 0.2) is 4.52 Å². The maximum Gasteiger partial charge on any atom is 0.240 e. The smallest absolute Gasteiger partial charge is 0.240 e. The molecule has 0 bridgehead atoms. The van der Waals surface area contributed by atoms with Gasteiger partial charge in [-0.3, -0.25) is 9.69 Å². The second-order valence-corrected chi connectivity index (χ2v) is 6.85. The Morgan fingerprint density at radius 2 is 2.09 bits per heavy atom. The van der Waals surface area contributed by atoms with E-state index in [1.54, 1.807) is 0 Å². The standard InChI is InChI=1S/C17H28N4O2/c1-2-4-15-18-16(23-19-15)13-20-10-6-14(7-11-20)8-12-21-9-3-5-17(21)22/h14H,2-13H2,1H3. The second-order valence-electron chi connectivity index (χ2n) is 6.85. The van der Waals surface area contributed by atoms with Crippen LogP contribution in [-0.2, 0) is 17.8 Å². The van der Waals surface area contributed by atoms with E-state index in [1.807, 2.05) is 4.90 Å². The third kappa shape index (κ3) is 4.53. The Bertz CT molecular complexity index is 508. The summed E-state index contributed by atoms with van der Waals surface area (Å²) in [7, 11) is 0. The SMILES string of the molecule is CCCc1noc(CN2CCC(CCN3CCCC3=O)CC2)n1. The van der Waals surface area contributed by atoms with Crippen molar-refractivity contribution in [2.24, 2.45) is 5.92 Å². The average Bonchev–Trinajstić information content (AvgIpc) is 3.16. The van der Waals surface area contributed by atoms with Crippen LogP contribution in [0.3, 0.4) is 0 Å². The van der Waals surface area contributed by atoms with Crippen LogP contribution in [-0.4, -0.2) is 52.0 Å². The number of aryl methyl sites for hydroxylation is 1. The summed E-state index contributed by atoms with van der Waals surface area (Å²) in [5.74, 6) is 2.67. The van der Waals surface area contributed by atoms with Crippen molar-refractivity contribution in [3.05, 3.63) is 11.7 Å². The summed E-state index contributed by atoms with van der Waals surface area (Å²) in [6.07, 6.45) is 7.30. The molecular formula is C17H28N4O2. The van der Waals surface area contributed by atoms with E-state index < -0.39 is 0 Å². The van der Waals surface area contributed by atoms with Gasteiger partial charge in [0.25, 0.3) is 0 Å². The van der Waals surface area contributed by atoms with Crippen LogP contribution >= 0.6 is 0 Å². The third-order valence-corrected chi connectivity index (χ3v) is 5.03. The number of nitrogens with zero attached hydrogens (tertiary/aromatic N) is 4. The Kier molecular flexibility index (Phi) is 5.65. The van der Waals surface area contributed by atoms with Crippen molar-refractivity contribution in [3.63, 3.8) is 0 Å². The number of carbonyl (C=O) groups is 1. The molecule has 0 radical (unpaired) electrons. The summed E-state index contributed by atoms with van der Waals surface area (Å²) in [5.41, 5.74) is 0. The van der Waals surface area contributed by atoms with Gasteiger partial charge in [0.05, 0.1) is 6.54 Å². The van der Waals surface area contributed by atoms with Crippen LogP contribution in [0, 0.1) is 5.92 Å². The van der Waals surface area contributed by atoms with Gasteiger partial charge in [0, 0.05) is 25.9 Å². The first-order valence-electron chi connectivity index (χ1n) is 9.06. The van der Waals surface area contributed by atoms with Gasteiger partial charge in [-0.2, -0.15) is 4.98 Å². The summed E-state index contributed by atoms with van der Waals surface area (Å²) < 4.78 is 5.33. The van der Waals surface area contributed by atoms with Crippen molar-refractivity contribution in [2.75, 3.05) is 26.2 Å². The molecule has 0 unspecified atom stereocenters. The molecule has 0 N–H and O–H groups in total. The van der Waals surface area contributed by atoms with Crippen molar-refractivity contribution < 1.29 is 9.32 Å². The van der Waals surface area contributed by atoms with E-state index in [1.165, 1.54) is 12.8 Å². The first-order chi connectivity index (χ1) is 11.2. The fourth-order valence-electron chi connectivity index (χ4n) is 3.58. The summed E-state index contributed by atoms with van der Waals surface area (Å²) in [6.45, 7) is 6.99. The van der Waals surface area contributed by atoms with Crippen LogP contribution < -0.4 is 0 Å². The molecule has 2 saturated heterocycles. The van der Waals surface area contributed by atoms with Crippen LogP contribution in [0.2, 0.25) is 0 Å². The van der Waals surface area contributed by atoms with Gasteiger partial charge in [-0.1, -0.05) is 12.1 Å². The zero-order valence-corrected chi connectivity index (χ0v) is 14.2. The van der Waals surface area contributed by atoms with Crippen LogP contribution in [0.4, 0.5) is 0 Å². The molecule has 23 heavy (non-hydrogen) atoms. The molecular weight excluding hydrogens is 292 g/mol. The van der Waals surface area contributed by atoms with Crippen molar-refractivity contribution in [2.45, 2.75) is 58.4 Å². The Balaban J connectivity index is 1.37. The van der Waals surface area contributed by atoms with Crippen LogP contribution in [0.5, 0.6) is 0 Å². The maximum absolute atomic E-state index is 11.6. The summed E-state index contributed by atoms with van der Waals surface area (Å²) in [6, 6.07) is 0. The Morgan fingerprint density at radius 3 is 2.78 bits per heavy atom. The van der Waals surface area contributed by atoms with Gasteiger partial charge in [0.15, 0.2) is 5.82 Å². The van der Waals surface area contributed by atoms with Gasteiger partial charge in [0.1, 0.15) is 0 Å². The number of piperidine rings is 1. The summed E-state index contributed by atoms with van der Waals surface area (Å²) in [4.78, 5) is 20.5. The van der Waals surface area contributed by atoms with Gasteiger partial charge in [-0.25, -0.2) is 0 Å². The molecule has 2 fully saturated rings. The van der Waals surface area contributed by atoms with Crippen molar-refractivity contribution in [3.8, 4) is 0 Å². The highest BCUT2D eigenvalue weighted by atomic mass is 16.5. The molecule has 1 amide bonds. The quantitative estimate of drug-likeness (QED) is 0.771. The first kappa shape index (κ1) is 16.4. The van der Waals surface area contributed by atoms with Gasteiger partial charge in [-0.05, 0) is 51.1 Å².